The Morgan fingerprint density at radius 2 is 1.87 bits per heavy atom. The van der Waals surface area contributed by atoms with E-state index in [2.05, 4.69) is 4.98 Å². The summed E-state index contributed by atoms with van der Waals surface area (Å²) in [6.07, 6.45) is 0. The second-order valence-electron chi connectivity index (χ2n) is 4.19. The summed E-state index contributed by atoms with van der Waals surface area (Å²) in [6, 6.07) is 7.65. The van der Waals surface area contributed by atoms with Crippen molar-refractivity contribution < 1.29 is 0 Å². The lowest BCUT2D eigenvalue weighted by molar-refractivity contribution is 0.839. The van der Waals surface area contributed by atoms with Crippen LogP contribution in [0.4, 0.5) is 0 Å². The molecule has 1 heterocycles. The van der Waals surface area contributed by atoms with Crippen molar-refractivity contribution in [3.63, 3.8) is 0 Å². The van der Waals surface area contributed by atoms with Crippen molar-refractivity contribution in [2.24, 2.45) is 0 Å². The number of hydrogen-bond acceptors (Lipinski definition) is 1. The topological polar surface area (TPSA) is 32.9 Å². The van der Waals surface area contributed by atoms with Gasteiger partial charge >= 0.3 is 0 Å². The molecule has 0 saturated carbocycles. The Morgan fingerprint density at radius 1 is 1.20 bits per heavy atom. The van der Waals surface area contributed by atoms with Crippen LogP contribution in [0.15, 0.2) is 29.1 Å². The van der Waals surface area contributed by atoms with Gasteiger partial charge in [0, 0.05) is 22.2 Å². The molecule has 0 unspecified atom stereocenters. The zero-order valence-electron chi connectivity index (χ0n) is 9.29. The standard InChI is InChI=1S/C13H15NO/c1-8(2)12-9(3)14-11-7-5-4-6-10(11)13(12)15/h4-8H,1-3H3,(H,14,15). The molecule has 2 rings (SSSR count). The van der Waals surface area contributed by atoms with E-state index in [4.69, 9.17) is 0 Å². The van der Waals surface area contributed by atoms with Crippen LogP contribution >= 0.6 is 0 Å². The molecule has 0 bridgehead atoms. The average molecular weight is 201 g/mol. The maximum absolute atomic E-state index is 12.2. The number of benzene rings is 1. The first-order chi connectivity index (χ1) is 7.11. The van der Waals surface area contributed by atoms with Crippen molar-refractivity contribution in [1.82, 2.24) is 4.98 Å². The SMILES string of the molecule is Cc1[nH]c2ccccc2c(=O)c1C(C)C. The lowest BCUT2D eigenvalue weighted by atomic mass is 9.99. The van der Waals surface area contributed by atoms with E-state index in [1.807, 2.05) is 45.0 Å². The Balaban J connectivity index is 2.91. The molecular weight excluding hydrogens is 186 g/mol. The predicted molar refractivity (Wildman–Crippen MR) is 63.4 cm³/mol. The average Bonchev–Trinajstić information content (AvgIpc) is 2.17. The van der Waals surface area contributed by atoms with E-state index in [0.29, 0.717) is 0 Å². The zero-order valence-corrected chi connectivity index (χ0v) is 9.29. The molecule has 0 spiro atoms. The summed E-state index contributed by atoms with van der Waals surface area (Å²) >= 11 is 0. The molecule has 0 fully saturated rings. The number of fused-ring (bicyclic) bond motifs is 1. The number of nitrogens with one attached hydrogen (secondary N) is 1. The van der Waals surface area contributed by atoms with Crippen LogP contribution in [0.5, 0.6) is 0 Å². The van der Waals surface area contributed by atoms with Crippen molar-refractivity contribution in [3.8, 4) is 0 Å². The quantitative estimate of drug-likeness (QED) is 0.756. The van der Waals surface area contributed by atoms with E-state index >= 15 is 0 Å². The molecule has 0 saturated heterocycles. The first-order valence-electron chi connectivity index (χ1n) is 5.22. The van der Waals surface area contributed by atoms with E-state index in [-0.39, 0.29) is 11.3 Å². The van der Waals surface area contributed by atoms with Crippen molar-refractivity contribution in [3.05, 3.63) is 45.7 Å². The van der Waals surface area contributed by atoms with Crippen LogP contribution in [0.25, 0.3) is 10.9 Å². The van der Waals surface area contributed by atoms with Crippen molar-refractivity contribution in [2.45, 2.75) is 26.7 Å². The van der Waals surface area contributed by atoms with Gasteiger partial charge in [0.05, 0.1) is 0 Å². The van der Waals surface area contributed by atoms with Gasteiger partial charge in [-0.15, -0.1) is 0 Å². The van der Waals surface area contributed by atoms with Crippen molar-refractivity contribution >= 4 is 10.9 Å². The lowest BCUT2D eigenvalue weighted by Crippen LogP contribution is -2.14. The zero-order chi connectivity index (χ0) is 11.0. The van der Waals surface area contributed by atoms with Gasteiger partial charge in [-0.25, -0.2) is 0 Å². The molecular formula is C13H15NO. The molecule has 0 aliphatic carbocycles. The minimum absolute atomic E-state index is 0.164. The van der Waals surface area contributed by atoms with Crippen molar-refractivity contribution in [2.75, 3.05) is 0 Å². The smallest absolute Gasteiger partial charge is 0.193 e. The number of hydrogen-bond donors (Lipinski definition) is 1. The molecule has 1 aromatic heterocycles. The van der Waals surface area contributed by atoms with Gasteiger partial charge in [0.25, 0.3) is 0 Å². The molecule has 2 aromatic rings. The molecule has 0 radical (unpaired) electrons. The summed E-state index contributed by atoms with van der Waals surface area (Å²) in [4.78, 5) is 15.5. The van der Waals surface area contributed by atoms with E-state index in [1.165, 1.54) is 0 Å². The van der Waals surface area contributed by atoms with Gasteiger partial charge in [-0.3, -0.25) is 4.79 Å². The fourth-order valence-electron chi connectivity index (χ4n) is 2.07. The van der Waals surface area contributed by atoms with Crippen molar-refractivity contribution in [1.29, 1.82) is 0 Å². The molecule has 0 atom stereocenters. The summed E-state index contributed by atoms with van der Waals surface area (Å²) in [5.41, 5.74) is 2.96. The maximum Gasteiger partial charge on any atom is 0.193 e. The number of aromatic nitrogens is 1. The Bertz CT molecular complexity index is 552. The second kappa shape index (κ2) is 3.54. The number of aromatic amines is 1. The van der Waals surface area contributed by atoms with Crippen LogP contribution in [0.1, 0.15) is 31.0 Å². The first-order valence-corrected chi connectivity index (χ1v) is 5.22. The van der Waals surface area contributed by atoms with E-state index < -0.39 is 0 Å². The van der Waals surface area contributed by atoms with E-state index in [1.54, 1.807) is 0 Å². The van der Waals surface area contributed by atoms with E-state index in [0.717, 1.165) is 22.2 Å². The fraction of sp³-hybridized carbons (Fsp3) is 0.308. The van der Waals surface area contributed by atoms with Crippen LogP contribution in [0.2, 0.25) is 0 Å². The van der Waals surface area contributed by atoms with Crippen LogP contribution in [-0.4, -0.2) is 4.98 Å². The highest BCUT2D eigenvalue weighted by atomic mass is 16.1. The van der Waals surface area contributed by atoms with E-state index in [9.17, 15) is 4.79 Å². The Labute approximate surface area is 89.0 Å². The summed E-state index contributed by atoms with van der Waals surface area (Å²) in [6.45, 7) is 6.06. The van der Waals surface area contributed by atoms with Crippen LogP contribution < -0.4 is 5.43 Å². The minimum Gasteiger partial charge on any atom is -0.358 e. The number of rotatable bonds is 1. The summed E-state index contributed by atoms with van der Waals surface area (Å²) in [7, 11) is 0. The first kappa shape index (κ1) is 9.97. The lowest BCUT2D eigenvalue weighted by Gasteiger charge is -2.10. The normalized spacial score (nSPS) is 11.2. The summed E-state index contributed by atoms with van der Waals surface area (Å²) in [5, 5.41) is 0.784. The third-order valence-corrected chi connectivity index (χ3v) is 2.72. The third kappa shape index (κ3) is 1.56. The van der Waals surface area contributed by atoms with Gasteiger partial charge in [-0.1, -0.05) is 26.0 Å². The molecule has 78 valence electrons. The third-order valence-electron chi connectivity index (χ3n) is 2.72. The number of aryl methyl sites for hydroxylation is 1. The summed E-state index contributed by atoms with van der Waals surface area (Å²) in [5.74, 6) is 0.262. The number of para-hydroxylation sites is 1. The largest absolute Gasteiger partial charge is 0.358 e. The highest BCUT2D eigenvalue weighted by molar-refractivity contribution is 5.79. The minimum atomic E-state index is 0.164. The molecule has 2 heteroatoms. The highest BCUT2D eigenvalue weighted by Gasteiger charge is 2.11. The predicted octanol–water partition coefficient (Wildman–Crippen LogP) is 2.96. The molecule has 0 aliphatic rings. The fourth-order valence-corrected chi connectivity index (χ4v) is 2.07. The molecule has 15 heavy (non-hydrogen) atoms. The van der Waals surface area contributed by atoms with Crippen LogP contribution in [0, 0.1) is 6.92 Å². The number of pyridine rings is 1. The van der Waals surface area contributed by atoms with Gasteiger partial charge in [0.2, 0.25) is 0 Å². The Morgan fingerprint density at radius 3 is 2.53 bits per heavy atom. The van der Waals surface area contributed by atoms with Gasteiger partial charge < -0.3 is 4.98 Å². The molecule has 2 nitrogen and oxygen atoms in total. The van der Waals surface area contributed by atoms with Gasteiger partial charge in [-0.2, -0.15) is 0 Å². The monoisotopic (exact) mass is 201 g/mol. The second-order valence-corrected chi connectivity index (χ2v) is 4.19. The molecule has 1 aromatic carbocycles. The molecule has 0 amide bonds. The maximum atomic E-state index is 12.2. The summed E-state index contributed by atoms with van der Waals surface area (Å²) < 4.78 is 0. The van der Waals surface area contributed by atoms with Crippen LogP contribution in [0.3, 0.4) is 0 Å². The number of H-pyrrole nitrogens is 1. The van der Waals surface area contributed by atoms with Gasteiger partial charge in [0.1, 0.15) is 0 Å². The molecule has 0 aliphatic heterocycles. The van der Waals surface area contributed by atoms with Crippen LogP contribution in [-0.2, 0) is 0 Å². The Kier molecular flexibility index (Phi) is 2.35. The highest BCUT2D eigenvalue weighted by Crippen LogP contribution is 2.17. The van der Waals surface area contributed by atoms with Gasteiger partial charge in [0.15, 0.2) is 5.43 Å². The van der Waals surface area contributed by atoms with Gasteiger partial charge in [-0.05, 0) is 25.0 Å². The Hall–Kier alpha value is -1.57. The molecule has 1 N–H and O–H groups in total.